The van der Waals surface area contributed by atoms with Crippen LogP contribution in [0.4, 0.5) is 11.5 Å². The van der Waals surface area contributed by atoms with E-state index in [-0.39, 0.29) is 5.91 Å². The number of nitrogens with zero attached hydrogens (tertiary/aromatic N) is 1. The Morgan fingerprint density at radius 3 is 2.53 bits per heavy atom. The zero-order valence-corrected chi connectivity index (χ0v) is 11.6. The van der Waals surface area contributed by atoms with Crippen LogP contribution in [0.5, 0.6) is 0 Å². The van der Waals surface area contributed by atoms with E-state index < -0.39 is 0 Å². The Balaban J connectivity index is 1.94. The molecule has 0 spiro atoms. The molecule has 0 bridgehead atoms. The van der Waals surface area contributed by atoms with Crippen LogP contribution >= 0.6 is 11.9 Å². The van der Waals surface area contributed by atoms with Gasteiger partial charge in [0.05, 0.1) is 0 Å². The lowest BCUT2D eigenvalue weighted by Gasteiger charge is -2.06. The van der Waals surface area contributed by atoms with Gasteiger partial charge in [0, 0.05) is 23.2 Å². The number of carbonyl (C=O) groups is 1. The Morgan fingerprint density at radius 1 is 1.16 bits per heavy atom. The minimum atomic E-state index is -0.0671. The first-order chi connectivity index (χ1) is 9.13. The summed E-state index contributed by atoms with van der Waals surface area (Å²) >= 11 is 1.48. The molecule has 5 heteroatoms. The molecule has 1 aromatic carbocycles. The first-order valence-corrected chi connectivity index (χ1v) is 6.69. The topological polar surface area (TPSA) is 54.0 Å². The monoisotopic (exact) mass is 273 g/mol. The largest absolute Gasteiger partial charge is 0.326 e. The summed E-state index contributed by atoms with van der Waals surface area (Å²) in [6, 6.07) is 13.5. The molecule has 2 N–H and O–H groups in total. The second-order valence-corrected chi connectivity index (χ2v) is 4.95. The normalized spacial score (nSPS) is 10.0. The van der Waals surface area contributed by atoms with Gasteiger partial charge in [-0.2, -0.15) is 0 Å². The van der Waals surface area contributed by atoms with E-state index in [1.807, 2.05) is 49.4 Å². The van der Waals surface area contributed by atoms with Gasteiger partial charge in [-0.1, -0.05) is 6.07 Å². The Labute approximate surface area is 116 Å². The van der Waals surface area contributed by atoms with Crippen molar-refractivity contribution in [3.05, 3.63) is 48.2 Å². The van der Waals surface area contributed by atoms with E-state index in [1.165, 1.54) is 18.9 Å². The Kier molecular flexibility index (Phi) is 4.41. The highest BCUT2D eigenvalue weighted by molar-refractivity contribution is 8.00. The molecule has 0 aliphatic heterocycles. The lowest BCUT2D eigenvalue weighted by Crippen LogP contribution is -2.05. The summed E-state index contributed by atoms with van der Waals surface area (Å²) in [4.78, 5) is 16.3. The highest BCUT2D eigenvalue weighted by Crippen LogP contribution is 2.21. The van der Waals surface area contributed by atoms with Crippen LogP contribution in [0.3, 0.4) is 0 Å². The minimum absolute atomic E-state index is 0.0671. The predicted molar refractivity (Wildman–Crippen MR) is 79.2 cm³/mol. The molecule has 0 fully saturated rings. The lowest BCUT2D eigenvalue weighted by molar-refractivity contribution is -0.114. The van der Waals surface area contributed by atoms with Gasteiger partial charge in [0.2, 0.25) is 5.91 Å². The molecule has 19 heavy (non-hydrogen) atoms. The first kappa shape index (κ1) is 13.4. The molecule has 2 aromatic rings. The summed E-state index contributed by atoms with van der Waals surface area (Å²) in [5.74, 6) is 0.762. The van der Waals surface area contributed by atoms with E-state index in [0.717, 1.165) is 22.1 Å². The third-order valence-corrected chi connectivity index (χ3v) is 3.16. The average Bonchev–Trinajstić information content (AvgIpc) is 2.37. The van der Waals surface area contributed by atoms with Crippen molar-refractivity contribution in [3.8, 4) is 0 Å². The van der Waals surface area contributed by atoms with Crippen molar-refractivity contribution in [2.45, 2.75) is 18.7 Å². The number of pyridine rings is 1. The molecule has 0 aliphatic carbocycles. The summed E-state index contributed by atoms with van der Waals surface area (Å²) in [5, 5.41) is 2.73. The zero-order valence-electron chi connectivity index (χ0n) is 10.8. The molecule has 0 atom stereocenters. The van der Waals surface area contributed by atoms with Gasteiger partial charge in [-0.25, -0.2) is 4.98 Å². The Bertz CT molecular complexity index is 569. The van der Waals surface area contributed by atoms with Gasteiger partial charge in [-0.15, -0.1) is 0 Å². The molecule has 0 radical (unpaired) electrons. The first-order valence-electron chi connectivity index (χ1n) is 5.87. The highest BCUT2D eigenvalue weighted by Gasteiger charge is 1.98. The van der Waals surface area contributed by atoms with E-state index in [1.54, 1.807) is 0 Å². The fourth-order valence-corrected chi connectivity index (χ4v) is 2.13. The summed E-state index contributed by atoms with van der Waals surface area (Å²) in [6.07, 6.45) is 0. The summed E-state index contributed by atoms with van der Waals surface area (Å²) in [6.45, 7) is 3.45. The van der Waals surface area contributed by atoms with Gasteiger partial charge in [-0.3, -0.25) is 4.79 Å². The summed E-state index contributed by atoms with van der Waals surface area (Å²) < 4.78 is 3.18. The molecular weight excluding hydrogens is 258 g/mol. The van der Waals surface area contributed by atoms with E-state index in [9.17, 15) is 4.79 Å². The van der Waals surface area contributed by atoms with Crippen LogP contribution in [0, 0.1) is 6.92 Å². The molecule has 98 valence electrons. The third-order valence-electron chi connectivity index (χ3n) is 2.34. The van der Waals surface area contributed by atoms with Gasteiger partial charge in [-0.05, 0) is 55.3 Å². The fraction of sp³-hybridized carbons (Fsp3) is 0.143. The SMILES string of the molecule is CC(=O)Nc1ccc(SNc2cccc(C)n2)cc1. The highest BCUT2D eigenvalue weighted by atomic mass is 32.2. The molecule has 1 heterocycles. The van der Waals surface area contributed by atoms with E-state index in [0.29, 0.717) is 0 Å². The molecule has 0 saturated carbocycles. The average molecular weight is 273 g/mol. The number of aryl methyl sites for hydroxylation is 1. The maximum atomic E-state index is 10.9. The van der Waals surface area contributed by atoms with Crippen molar-refractivity contribution in [2.24, 2.45) is 0 Å². The van der Waals surface area contributed by atoms with Crippen molar-refractivity contribution in [1.82, 2.24) is 4.98 Å². The second kappa shape index (κ2) is 6.24. The summed E-state index contributed by atoms with van der Waals surface area (Å²) in [5.41, 5.74) is 1.78. The molecule has 1 aromatic heterocycles. The van der Waals surface area contributed by atoms with Gasteiger partial charge in [0.1, 0.15) is 5.82 Å². The van der Waals surface area contributed by atoms with E-state index in [2.05, 4.69) is 15.0 Å². The number of nitrogens with one attached hydrogen (secondary N) is 2. The number of hydrogen-bond acceptors (Lipinski definition) is 4. The van der Waals surface area contributed by atoms with Crippen LogP contribution in [0.15, 0.2) is 47.4 Å². The van der Waals surface area contributed by atoms with Crippen molar-refractivity contribution in [2.75, 3.05) is 10.0 Å². The molecular formula is C14H15N3OS. The van der Waals surface area contributed by atoms with Gasteiger partial charge >= 0.3 is 0 Å². The molecule has 2 rings (SSSR count). The number of rotatable bonds is 4. The van der Waals surface area contributed by atoms with Crippen LogP contribution in [-0.2, 0) is 4.79 Å². The fourth-order valence-electron chi connectivity index (χ4n) is 1.52. The maximum Gasteiger partial charge on any atom is 0.221 e. The number of anilines is 2. The van der Waals surface area contributed by atoms with Gasteiger partial charge < -0.3 is 10.0 Å². The second-order valence-electron chi connectivity index (χ2n) is 4.07. The number of carbonyl (C=O) groups excluding carboxylic acids is 1. The zero-order chi connectivity index (χ0) is 13.7. The molecule has 4 nitrogen and oxygen atoms in total. The van der Waals surface area contributed by atoms with Crippen LogP contribution in [-0.4, -0.2) is 10.9 Å². The number of hydrogen-bond donors (Lipinski definition) is 2. The Morgan fingerprint density at radius 2 is 1.89 bits per heavy atom. The predicted octanol–water partition coefficient (Wildman–Crippen LogP) is 3.47. The molecule has 0 saturated heterocycles. The van der Waals surface area contributed by atoms with Crippen molar-refractivity contribution >= 4 is 29.4 Å². The van der Waals surface area contributed by atoms with Gasteiger partial charge in [0.15, 0.2) is 0 Å². The van der Waals surface area contributed by atoms with Crippen LogP contribution in [0.25, 0.3) is 0 Å². The molecule has 0 aliphatic rings. The van der Waals surface area contributed by atoms with E-state index >= 15 is 0 Å². The molecule has 1 amide bonds. The van der Waals surface area contributed by atoms with Gasteiger partial charge in [0.25, 0.3) is 0 Å². The van der Waals surface area contributed by atoms with Crippen LogP contribution in [0.2, 0.25) is 0 Å². The number of aromatic nitrogens is 1. The third kappa shape index (κ3) is 4.30. The van der Waals surface area contributed by atoms with Crippen molar-refractivity contribution < 1.29 is 4.79 Å². The quantitative estimate of drug-likeness (QED) is 0.838. The van der Waals surface area contributed by atoms with Crippen molar-refractivity contribution in [1.29, 1.82) is 0 Å². The number of benzene rings is 1. The summed E-state index contributed by atoms with van der Waals surface area (Å²) in [7, 11) is 0. The standard InChI is InChI=1S/C14H15N3OS/c1-10-4-3-5-14(15-10)17-19-13-8-6-12(7-9-13)16-11(2)18/h3-9H,1-2H3,(H,15,17)(H,16,18). The minimum Gasteiger partial charge on any atom is -0.326 e. The smallest absolute Gasteiger partial charge is 0.221 e. The Hall–Kier alpha value is -2.01. The van der Waals surface area contributed by atoms with E-state index in [4.69, 9.17) is 0 Å². The van der Waals surface area contributed by atoms with Crippen molar-refractivity contribution in [3.63, 3.8) is 0 Å². The van der Waals surface area contributed by atoms with Crippen LogP contribution in [0.1, 0.15) is 12.6 Å². The lowest BCUT2D eigenvalue weighted by atomic mass is 10.3. The number of amides is 1. The maximum absolute atomic E-state index is 10.9. The molecule has 0 unspecified atom stereocenters. The van der Waals surface area contributed by atoms with Crippen LogP contribution < -0.4 is 10.0 Å².